The standard InChI is InChI=1S/C26H31FN2O5S/c1-26(2,32)14-29-8-7-15(12-29)9-16-10-18(27)3-6-22(16)35(33)28-21-5-4-19-20-11-17(20)13-34-24(19)23(21)25(30)31/h3-6,10,15,17,20,28,32H,7-9,11-14H2,1-2H3,(H,30,31)/t15-,17-,20-,35?/m0/s1. The number of carboxylic acid groups (broad SMARTS) is 1. The Labute approximate surface area is 206 Å². The fraction of sp³-hybridized carbons (Fsp3) is 0.500. The zero-order valence-corrected chi connectivity index (χ0v) is 20.7. The molecule has 9 heteroatoms. The maximum Gasteiger partial charge on any atom is 0.341 e. The predicted octanol–water partition coefficient (Wildman–Crippen LogP) is 3.79. The Hall–Kier alpha value is -2.49. The van der Waals surface area contributed by atoms with Gasteiger partial charge in [0.05, 0.1) is 22.8 Å². The van der Waals surface area contributed by atoms with Gasteiger partial charge in [0, 0.05) is 19.0 Å². The summed E-state index contributed by atoms with van der Waals surface area (Å²) in [4.78, 5) is 14.7. The second-order valence-corrected chi connectivity index (χ2v) is 11.8. The third-order valence-corrected chi connectivity index (χ3v) is 8.28. The van der Waals surface area contributed by atoms with Gasteiger partial charge in [-0.15, -0.1) is 0 Å². The highest BCUT2D eigenvalue weighted by atomic mass is 32.2. The van der Waals surface area contributed by atoms with Crippen molar-refractivity contribution in [1.82, 2.24) is 4.90 Å². The molecule has 4 atom stereocenters. The largest absolute Gasteiger partial charge is 0.492 e. The molecule has 7 nitrogen and oxygen atoms in total. The first-order valence-electron chi connectivity index (χ1n) is 12.0. The molecule has 2 aromatic rings. The summed E-state index contributed by atoms with van der Waals surface area (Å²) >= 11 is 0. The van der Waals surface area contributed by atoms with Gasteiger partial charge in [0.1, 0.15) is 17.1 Å². The van der Waals surface area contributed by atoms with Crippen LogP contribution in [-0.4, -0.2) is 57.1 Å². The Morgan fingerprint density at radius 2 is 2.11 bits per heavy atom. The number of benzene rings is 2. The lowest BCUT2D eigenvalue weighted by Gasteiger charge is -2.25. The summed E-state index contributed by atoms with van der Waals surface area (Å²) in [5.74, 6) is -0.156. The molecule has 3 aliphatic rings. The number of aliphatic hydroxyl groups is 1. The van der Waals surface area contributed by atoms with E-state index in [1.54, 1.807) is 19.9 Å². The number of halogens is 1. The molecule has 1 saturated carbocycles. The number of nitrogens with zero attached hydrogens (tertiary/aromatic N) is 1. The minimum absolute atomic E-state index is 0.0112. The van der Waals surface area contributed by atoms with E-state index >= 15 is 0 Å². The Morgan fingerprint density at radius 1 is 1.31 bits per heavy atom. The zero-order chi connectivity index (χ0) is 24.9. The van der Waals surface area contributed by atoms with Crippen LogP contribution in [0.2, 0.25) is 0 Å². The van der Waals surface area contributed by atoms with Crippen LogP contribution < -0.4 is 9.46 Å². The number of ether oxygens (including phenoxy) is 1. The van der Waals surface area contributed by atoms with Crippen molar-refractivity contribution in [3.8, 4) is 5.75 Å². The molecular weight excluding hydrogens is 471 g/mol. The average Bonchev–Trinajstić information content (AvgIpc) is 3.45. The van der Waals surface area contributed by atoms with Gasteiger partial charge < -0.3 is 24.6 Å². The molecule has 0 amide bonds. The van der Waals surface area contributed by atoms with Crippen molar-refractivity contribution in [3.63, 3.8) is 0 Å². The van der Waals surface area contributed by atoms with Crippen molar-refractivity contribution >= 4 is 22.6 Å². The summed E-state index contributed by atoms with van der Waals surface area (Å²) < 4.78 is 36.2. The number of β-amino-alcohol motifs (C(OH)–C–C–N with tert-alkyl or cyclic N) is 1. The summed E-state index contributed by atoms with van der Waals surface area (Å²) in [6.07, 6.45) is 2.45. The molecule has 0 spiro atoms. The van der Waals surface area contributed by atoms with E-state index in [-0.39, 0.29) is 17.2 Å². The van der Waals surface area contributed by atoms with E-state index in [0.717, 1.165) is 31.5 Å². The van der Waals surface area contributed by atoms with Gasteiger partial charge in [-0.25, -0.2) is 13.4 Å². The fourth-order valence-corrected chi connectivity index (χ4v) is 6.52. The molecule has 188 valence electrons. The summed E-state index contributed by atoms with van der Waals surface area (Å²) in [6.45, 7) is 6.23. The van der Waals surface area contributed by atoms with Crippen LogP contribution in [0.1, 0.15) is 54.1 Å². The zero-order valence-electron chi connectivity index (χ0n) is 19.9. The van der Waals surface area contributed by atoms with Crippen LogP contribution in [0.4, 0.5) is 10.1 Å². The first-order valence-corrected chi connectivity index (χ1v) is 13.2. The second kappa shape index (κ2) is 9.19. The van der Waals surface area contributed by atoms with E-state index in [1.807, 2.05) is 6.07 Å². The number of likely N-dealkylation sites (tertiary alicyclic amines) is 1. The molecule has 2 fully saturated rings. The molecule has 0 radical (unpaired) electrons. The molecular formula is C26H31FN2O5S. The molecule has 0 aromatic heterocycles. The van der Waals surface area contributed by atoms with Crippen molar-refractivity contribution in [2.75, 3.05) is 31.0 Å². The van der Waals surface area contributed by atoms with Gasteiger partial charge in [-0.2, -0.15) is 0 Å². The van der Waals surface area contributed by atoms with Crippen LogP contribution >= 0.6 is 0 Å². The number of anilines is 1. The Bertz CT molecular complexity index is 1180. The molecule has 2 aromatic carbocycles. The number of rotatable bonds is 8. The lowest BCUT2D eigenvalue weighted by Crippen LogP contribution is -2.37. The second-order valence-electron chi connectivity index (χ2n) is 10.7. The van der Waals surface area contributed by atoms with E-state index < -0.39 is 28.4 Å². The first-order chi connectivity index (χ1) is 16.6. The van der Waals surface area contributed by atoms with Crippen LogP contribution in [0.15, 0.2) is 35.2 Å². The third kappa shape index (κ3) is 5.22. The number of fused-ring (bicyclic) bond motifs is 3. The molecule has 5 rings (SSSR count). The maximum atomic E-state index is 14.2. The number of hydrogen-bond acceptors (Lipinski definition) is 5. The predicted molar refractivity (Wildman–Crippen MR) is 131 cm³/mol. The molecule has 1 saturated heterocycles. The fourth-order valence-electron chi connectivity index (χ4n) is 5.47. The van der Waals surface area contributed by atoms with Crippen molar-refractivity contribution in [3.05, 3.63) is 52.8 Å². The normalized spacial score (nSPS) is 24.3. The molecule has 0 bridgehead atoms. The maximum absolute atomic E-state index is 14.2. The van der Waals surface area contributed by atoms with Gasteiger partial charge in [0.2, 0.25) is 0 Å². The van der Waals surface area contributed by atoms with E-state index in [9.17, 15) is 23.6 Å². The van der Waals surface area contributed by atoms with E-state index in [1.165, 1.54) is 18.2 Å². The van der Waals surface area contributed by atoms with E-state index in [0.29, 0.717) is 47.6 Å². The van der Waals surface area contributed by atoms with Crippen LogP contribution in [0, 0.1) is 17.7 Å². The first kappa shape index (κ1) is 24.2. The van der Waals surface area contributed by atoms with Crippen LogP contribution in [0.5, 0.6) is 5.75 Å². The minimum Gasteiger partial charge on any atom is -0.492 e. The quantitative estimate of drug-likeness (QED) is 0.508. The van der Waals surface area contributed by atoms with Crippen LogP contribution in [-0.2, 0) is 17.4 Å². The number of hydrogen-bond donors (Lipinski definition) is 3. The average molecular weight is 503 g/mol. The third-order valence-electron chi connectivity index (χ3n) is 7.08. The van der Waals surface area contributed by atoms with Gasteiger partial charge in [0.15, 0.2) is 11.0 Å². The van der Waals surface area contributed by atoms with Gasteiger partial charge in [0.25, 0.3) is 0 Å². The van der Waals surface area contributed by atoms with Gasteiger partial charge >= 0.3 is 5.97 Å². The molecule has 1 unspecified atom stereocenters. The lowest BCUT2D eigenvalue weighted by molar-refractivity contribution is 0.0428. The smallest absolute Gasteiger partial charge is 0.341 e. The molecule has 2 heterocycles. The number of carboxylic acids is 1. The summed E-state index contributed by atoms with van der Waals surface area (Å²) in [6, 6.07) is 7.69. The lowest BCUT2D eigenvalue weighted by atomic mass is 9.98. The number of aromatic carboxylic acids is 1. The highest BCUT2D eigenvalue weighted by Crippen LogP contribution is 2.55. The van der Waals surface area contributed by atoms with Crippen LogP contribution in [0.25, 0.3) is 0 Å². The summed E-state index contributed by atoms with van der Waals surface area (Å²) in [7, 11) is -1.79. The Kier molecular flexibility index (Phi) is 6.35. The van der Waals surface area contributed by atoms with Crippen molar-refractivity contribution < 1.29 is 28.3 Å². The Morgan fingerprint density at radius 3 is 2.86 bits per heavy atom. The highest BCUT2D eigenvalue weighted by molar-refractivity contribution is 7.86. The van der Waals surface area contributed by atoms with Crippen molar-refractivity contribution in [1.29, 1.82) is 0 Å². The molecule has 35 heavy (non-hydrogen) atoms. The van der Waals surface area contributed by atoms with Crippen molar-refractivity contribution in [2.45, 2.75) is 49.5 Å². The monoisotopic (exact) mass is 502 g/mol. The number of nitrogens with one attached hydrogen (secondary N) is 1. The number of carbonyl (C=O) groups is 1. The topological polar surface area (TPSA) is 99.1 Å². The summed E-state index contributed by atoms with van der Waals surface area (Å²) in [5, 5.41) is 20.0. The molecule has 2 aliphatic heterocycles. The molecule has 3 N–H and O–H groups in total. The summed E-state index contributed by atoms with van der Waals surface area (Å²) in [5.41, 5.74) is 0.960. The van der Waals surface area contributed by atoms with Crippen molar-refractivity contribution in [2.24, 2.45) is 11.8 Å². The highest BCUT2D eigenvalue weighted by Gasteiger charge is 2.45. The van der Waals surface area contributed by atoms with Gasteiger partial charge in [-0.1, -0.05) is 6.07 Å². The molecule has 1 aliphatic carbocycles. The van der Waals surface area contributed by atoms with E-state index in [2.05, 4.69) is 9.62 Å². The van der Waals surface area contributed by atoms with Crippen LogP contribution in [0.3, 0.4) is 0 Å². The SMILES string of the molecule is CC(C)(O)CN1CC[C@@H](Cc2cc(F)ccc2S(=O)Nc2ccc3c(c2C(=O)O)OC[C@@H]2C[C@H]32)C1. The minimum atomic E-state index is -1.79. The van der Waals surface area contributed by atoms with E-state index in [4.69, 9.17) is 4.74 Å². The van der Waals surface area contributed by atoms with Gasteiger partial charge in [-0.3, -0.25) is 0 Å². The van der Waals surface area contributed by atoms with Gasteiger partial charge in [-0.05, 0) is 86.9 Å². The Balaban J connectivity index is 1.36.